The molecule has 1 aliphatic rings. The Labute approximate surface area is 133 Å². The second kappa shape index (κ2) is 7.06. The molecule has 0 saturated carbocycles. The molecule has 1 rings (SSSR count). The topological polar surface area (TPSA) is 87.7 Å². The summed E-state index contributed by atoms with van der Waals surface area (Å²) in [6, 6.07) is -0.579. The number of aliphatic hydroxyl groups excluding tert-OH is 1. The monoisotopic (exact) mass is 328 g/mol. The van der Waals surface area contributed by atoms with E-state index in [1.165, 1.54) is 7.05 Å². The Morgan fingerprint density at radius 3 is 2.59 bits per heavy atom. The van der Waals surface area contributed by atoms with Crippen LogP contribution in [0.2, 0.25) is 18.1 Å². The molecule has 1 heterocycles. The summed E-state index contributed by atoms with van der Waals surface area (Å²) < 4.78 is 6.24. The van der Waals surface area contributed by atoms with Gasteiger partial charge in [-0.1, -0.05) is 20.8 Å². The second-order valence-electron chi connectivity index (χ2n) is 7.25. The van der Waals surface area contributed by atoms with Crippen LogP contribution in [0, 0.1) is 0 Å². The third kappa shape index (κ3) is 4.27. The Balaban J connectivity index is 2.83. The molecule has 3 N–H and O–H groups in total. The molecule has 0 aromatic heterocycles. The van der Waals surface area contributed by atoms with Gasteiger partial charge in [0.25, 0.3) is 0 Å². The Hall–Kier alpha value is -0.983. The lowest BCUT2D eigenvalue weighted by molar-refractivity contribution is -0.122. The third-order valence-corrected chi connectivity index (χ3v) is 9.11. The Kier molecular flexibility index (Phi) is 6.12. The number of carbonyl (C=O) groups excluding carboxylic acids is 2. The first kappa shape index (κ1) is 19.1. The van der Waals surface area contributed by atoms with Crippen molar-refractivity contribution in [2.75, 3.05) is 13.6 Å². The van der Waals surface area contributed by atoms with Gasteiger partial charge in [0.1, 0.15) is 5.94 Å². The van der Waals surface area contributed by atoms with Crippen molar-refractivity contribution in [3.63, 3.8) is 0 Å². The van der Waals surface area contributed by atoms with Crippen LogP contribution in [-0.4, -0.2) is 57.1 Å². The van der Waals surface area contributed by atoms with Gasteiger partial charge < -0.3 is 20.2 Å². The standard InChI is InChI=1S/C15H28N2O4Si/c1-15(2,3)22(5,6)21-12-8-17-14(10(12)9-18)11(19)7-13(20)16-4/h11-12,14,17,19H,7-8H2,1-6H3,(H,16,20). The van der Waals surface area contributed by atoms with Crippen LogP contribution in [-0.2, 0) is 14.0 Å². The zero-order valence-electron chi connectivity index (χ0n) is 14.3. The molecule has 0 aromatic carbocycles. The molecular formula is C15H28N2O4Si. The number of rotatable bonds is 5. The van der Waals surface area contributed by atoms with Crippen molar-refractivity contribution >= 4 is 20.2 Å². The van der Waals surface area contributed by atoms with Crippen LogP contribution in [0.25, 0.3) is 0 Å². The van der Waals surface area contributed by atoms with Gasteiger partial charge in [-0.2, -0.15) is 0 Å². The maximum Gasteiger partial charge on any atom is 0.222 e. The fourth-order valence-electron chi connectivity index (χ4n) is 2.17. The molecule has 126 valence electrons. The first-order valence-electron chi connectivity index (χ1n) is 7.58. The second-order valence-corrected chi connectivity index (χ2v) is 12.0. The molecule has 0 radical (unpaired) electrons. The van der Waals surface area contributed by atoms with Gasteiger partial charge in [0.2, 0.25) is 5.91 Å². The molecule has 0 aromatic rings. The molecule has 6 nitrogen and oxygen atoms in total. The van der Waals surface area contributed by atoms with E-state index in [-0.39, 0.29) is 23.5 Å². The minimum atomic E-state index is -2.03. The maximum absolute atomic E-state index is 11.4. The lowest BCUT2D eigenvalue weighted by atomic mass is 10.0. The number of hydrogen-bond donors (Lipinski definition) is 3. The van der Waals surface area contributed by atoms with Crippen LogP contribution in [0.15, 0.2) is 5.57 Å². The smallest absolute Gasteiger partial charge is 0.222 e. The molecule has 3 unspecified atom stereocenters. The maximum atomic E-state index is 11.4. The molecule has 3 atom stereocenters. The van der Waals surface area contributed by atoms with Gasteiger partial charge in [0, 0.05) is 13.6 Å². The first-order chi connectivity index (χ1) is 10.0. The molecule has 0 spiro atoms. The van der Waals surface area contributed by atoms with E-state index in [2.05, 4.69) is 44.5 Å². The van der Waals surface area contributed by atoms with Crippen LogP contribution in [0.5, 0.6) is 0 Å². The van der Waals surface area contributed by atoms with E-state index in [1.54, 1.807) is 0 Å². The summed E-state index contributed by atoms with van der Waals surface area (Å²) in [7, 11) is -0.521. The van der Waals surface area contributed by atoms with Gasteiger partial charge in [-0.25, -0.2) is 4.79 Å². The summed E-state index contributed by atoms with van der Waals surface area (Å²) in [5.41, 5.74) is 0.376. The zero-order valence-corrected chi connectivity index (χ0v) is 15.3. The summed E-state index contributed by atoms with van der Waals surface area (Å²) in [5.74, 6) is 1.65. The van der Waals surface area contributed by atoms with Crippen LogP contribution in [0.3, 0.4) is 0 Å². The normalized spacial score (nSPS) is 24.0. The SMILES string of the molecule is CNC(=O)CC(O)C1NCC(O[Si](C)(C)C(C)(C)C)C1=C=O. The van der Waals surface area contributed by atoms with Crippen molar-refractivity contribution in [2.24, 2.45) is 0 Å². The van der Waals surface area contributed by atoms with Crippen molar-refractivity contribution in [3.8, 4) is 0 Å². The summed E-state index contributed by atoms with van der Waals surface area (Å²) in [6.07, 6.45) is -1.42. The van der Waals surface area contributed by atoms with Crippen molar-refractivity contribution in [3.05, 3.63) is 5.57 Å². The fourth-order valence-corrected chi connectivity index (χ4v) is 3.45. The van der Waals surface area contributed by atoms with E-state index in [0.29, 0.717) is 12.1 Å². The lowest BCUT2D eigenvalue weighted by Crippen LogP contribution is -2.45. The molecule has 1 saturated heterocycles. The van der Waals surface area contributed by atoms with Gasteiger partial charge in [-0.05, 0) is 18.1 Å². The zero-order chi connectivity index (χ0) is 17.1. The summed E-state index contributed by atoms with van der Waals surface area (Å²) in [5, 5.41) is 15.7. The molecule has 7 heteroatoms. The molecule has 22 heavy (non-hydrogen) atoms. The van der Waals surface area contributed by atoms with Crippen LogP contribution in [0.4, 0.5) is 0 Å². The highest BCUT2D eigenvalue weighted by atomic mass is 28.4. The highest BCUT2D eigenvalue weighted by molar-refractivity contribution is 6.74. The number of amides is 1. The highest BCUT2D eigenvalue weighted by Crippen LogP contribution is 2.38. The molecule has 0 bridgehead atoms. The predicted molar refractivity (Wildman–Crippen MR) is 87.8 cm³/mol. The molecular weight excluding hydrogens is 300 g/mol. The summed E-state index contributed by atoms with van der Waals surface area (Å²) in [4.78, 5) is 22.7. The highest BCUT2D eigenvalue weighted by Gasteiger charge is 2.44. The van der Waals surface area contributed by atoms with E-state index in [0.717, 1.165) is 0 Å². The van der Waals surface area contributed by atoms with Crippen molar-refractivity contribution in [2.45, 2.75) is 63.6 Å². The minimum absolute atomic E-state index is 0.0276. The molecule has 1 amide bonds. The first-order valence-corrected chi connectivity index (χ1v) is 10.5. The largest absolute Gasteiger partial charge is 0.408 e. The van der Waals surface area contributed by atoms with E-state index >= 15 is 0 Å². The molecule has 1 aliphatic heterocycles. The lowest BCUT2D eigenvalue weighted by Gasteiger charge is -2.38. The van der Waals surface area contributed by atoms with Crippen molar-refractivity contribution in [1.29, 1.82) is 0 Å². The van der Waals surface area contributed by atoms with E-state index < -0.39 is 20.5 Å². The van der Waals surface area contributed by atoms with Gasteiger partial charge in [-0.15, -0.1) is 0 Å². The van der Waals surface area contributed by atoms with E-state index in [1.807, 2.05) is 5.94 Å². The van der Waals surface area contributed by atoms with Crippen molar-refractivity contribution in [1.82, 2.24) is 10.6 Å². The average Bonchev–Trinajstić information content (AvgIpc) is 2.79. The quantitative estimate of drug-likeness (QED) is 0.508. The van der Waals surface area contributed by atoms with Gasteiger partial charge >= 0.3 is 0 Å². The van der Waals surface area contributed by atoms with E-state index in [4.69, 9.17) is 4.43 Å². The van der Waals surface area contributed by atoms with Crippen LogP contribution >= 0.6 is 0 Å². The summed E-state index contributed by atoms with van der Waals surface area (Å²) >= 11 is 0. The van der Waals surface area contributed by atoms with Crippen LogP contribution in [0.1, 0.15) is 27.2 Å². The minimum Gasteiger partial charge on any atom is -0.408 e. The van der Waals surface area contributed by atoms with Crippen LogP contribution < -0.4 is 10.6 Å². The molecule has 1 fully saturated rings. The van der Waals surface area contributed by atoms with Gasteiger partial charge in [-0.3, -0.25) is 4.79 Å². The number of hydrogen-bond acceptors (Lipinski definition) is 5. The number of aliphatic hydroxyl groups is 1. The summed E-state index contributed by atoms with van der Waals surface area (Å²) in [6.45, 7) is 11.1. The molecule has 0 aliphatic carbocycles. The fraction of sp³-hybridized carbons (Fsp3) is 0.800. The Bertz CT molecular complexity index is 467. The Morgan fingerprint density at radius 2 is 2.14 bits per heavy atom. The Morgan fingerprint density at radius 1 is 1.55 bits per heavy atom. The number of carbonyl (C=O) groups is 1. The average molecular weight is 328 g/mol. The predicted octanol–water partition coefficient (Wildman–Crippen LogP) is 0.604. The van der Waals surface area contributed by atoms with Gasteiger partial charge in [0.15, 0.2) is 8.32 Å². The van der Waals surface area contributed by atoms with Crippen molar-refractivity contribution < 1.29 is 19.1 Å². The third-order valence-electron chi connectivity index (χ3n) is 4.62. The number of nitrogens with one attached hydrogen (secondary N) is 2. The van der Waals surface area contributed by atoms with Gasteiger partial charge in [0.05, 0.1) is 30.2 Å². The van der Waals surface area contributed by atoms with E-state index in [9.17, 15) is 14.7 Å².